The Bertz CT molecular complexity index is 335. The fourth-order valence-corrected chi connectivity index (χ4v) is 2.87. The first-order valence-electron chi connectivity index (χ1n) is 6.58. The fraction of sp³-hybridized carbons (Fsp3) is 0.833. The van der Waals surface area contributed by atoms with Gasteiger partial charge < -0.3 is 15.7 Å². The molecule has 6 nitrogen and oxygen atoms in total. The number of piperidine rings is 1. The molecule has 2 unspecified atom stereocenters. The van der Waals surface area contributed by atoms with Gasteiger partial charge in [-0.05, 0) is 19.4 Å². The Balaban J connectivity index is 1.89. The minimum atomic E-state index is -1.02. The molecule has 0 aromatic rings. The number of carboxylic acid groups (broad SMARTS) is 1. The average Bonchev–Trinajstić information content (AvgIpc) is 2.36. The molecule has 0 aromatic carbocycles. The monoisotopic (exact) mass is 255 g/mol. The van der Waals surface area contributed by atoms with Crippen LogP contribution >= 0.6 is 0 Å². The number of carbonyl (C=O) groups excluding carboxylic acids is 1. The molecule has 2 heterocycles. The molecule has 2 saturated heterocycles. The van der Waals surface area contributed by atoms with Crippen molar-refractivity contribution in [1.82, 2.24) is 9.80 Å². The summed E-state index contributed by atoms with van der Waals surface area (Å²) in [5.74, 6) is -1.24. The predicted octanol–water partition coefficient (Wildman–Crippen LogP) is -0.515. The zero-order valence-electron chi connectivity index (χ0n) is 10.5. The van der Waals surface area contributed by atoms with Crippen molar-refractivity contribution in [2.24, 2.45) is 5.73 Å². The quantitative estimate of drug-likeness (QED) is 0.709. The molecule has 0 aliphatic carbocycles. The first kappa shape index (κ1) is 13.3. The SMILES string of the molecule is NC(CC(=O)O)C(=O)N1CCN2CCCCC2C1. The lowest BCUT2D eigenvalue weighted by molar-refractivity contribution is -0.143. The first-order valence-corrected chi connectivity index (χ1v) is 6.58. The Morgan fingerprint density at radius 2 is 2.06 bits per heavy atom. The van der Waals surface area contributed by atoms with Gasteiger partial charge in [0.1, 0.15) is 0 Å². The van der Waals surface area contributed by atoms with E-state index in [0.29, 0.717) is 19.1 Å². The highest BCUT2D eigenvalue weighted by Crippen LogP contribution is 2.21. The number of nitrogens with zero attached hydrogens (tertiary/aromatic N) is 2. The minimum Gasteiger partial charge on any atom is -0.481 e. The summed E-state index contributed by atoms with van der Waals surface area (Å²) in [5.41, 5.74) is 5.63. The summed E-state index contributed by atoms with van der Waals surface area (Å²) in [6.07, 6.45) is 3.29. The van der Waals surface area contributed by atoms with E-state index >= 15 is 0 Å². The van der Waals surface area contributed by atoms with Crippen molar-refractivity contribution in [3.63, 3.8) is 0 Å². The summed E-state index contributed by atoms with van der Waals surface area (Å²) in [5, 5.41) is 8.66. The normalized spacial score (nSPS) is 26.5. The van der Waals surface area contributed by atoms with Crippen molar-refractivity contribution in [2.45, 2.75) is 37.8 Å². The van der Waals surface area contributed by atoms with E-state index in [1.807, 2.05) is 0 Å². The van der Waals surface area contributed by atoms with Crippen LogP contribution in [-0.2, 0) is 9.59 Å². The van der Waals surface area contributed by atoms with Gasteiger partial charge in [-0.25, -0.2) is 0 Å². The largest absolute Gasteiger partial charge is 0.481 e. The molecule has 102 valence electrons. The lowest BCUT2D eigenvalue weighted by Gasteiger charge is -2.44. The zero-order valence-corrected chi connectivity index (χ0v) is 10.5. The van der Waals surface area contributed by atoms with Gasteiger partial charge in [0.2, 0.25) is 5.91 Å². The van der Waals surface area contributed by atoms with Crippen LogP contribution in [0.25, 0.3) is 0 Å². The third-order valence-electron chi connectivity index (χ3n) is 3.86. The van der Waals surface area contributed by atoms with E-state index in [9.17, 15) is 9.59 Å². The number of rotatable bonds is 3. The lowest BCUT2D eigenvalue weighted by Crippen LogP contribution is -2.58. The number of carboxylic acids is 1. The molecule has 0 spiro atoms. The highest BCUT2D eigenvalue weighted by Gasteiger charge is 2.33. The second kappa shape index (κ2) is 5.67. The summed E-state index contributed by atoms with van der Waals surface area (Å²) in [6.45, 7) is 3.37. The smallest absolute Gasteiger partial charge is 0.305 e. The van der Waals surface area contributed by atoms with Gasteiger partial charge in [-0.1, -0.05) is 6.42 Å². The van der Waals surface area contributed by atoms with Crippen LogP contribution in [0.3, 0.4) is 0 Å². The molecule has 2 aliphatic rings. The molecule has 2 fully saturated rings. The van der Waals surface area contributed by atoms with E-state index in [1.54, 1.807) is 4.90 Å². The van der Waals surface area contributed by atoms with Gasteiger partial charge in [-0.3, -0.25) is 14.5 Å². The summed E-state index contributed by atoms with van der Waals surface area (Å²) < 4.78 is 0. The second-order valence-electron chi connectivity index (χ2n) is 5.17. The van der Waals surface area contributed by atoms with Crippen LogP contribution in [0.1, 0.15) is 25.7 Å². The molecule has 0 saturated carbocycles. The fourth-order valence-electron chi connectivity index (χ4n) is 2.87. The maximum atomic E-state index is 12.0. The van der Waals surface area contributed by atoms with E-state index in [0.717, 1.165) is 19.5 Å². The number of carbonyl (C=O) groups is 2. The molecular formula is C12H21N3O3. The molecule has 1 amide bonds. The molecule has 2 aliphatic heterocycles. The zero-order chi connectivity index (χ0) is 13.1. The lowest BCUT2D eigenvalue weighted by atomic mass is 9.99. The molecule has 0 radical (unpaired) electrons. The summed E-state index contributed by atoms with van der Waals surface area (Å²) in [7, 11) is 0. The third-order valence-corrected chi connectivity index (χ3v) is 3.86. The predicted molar refractivity (Wildman–Crippen MR) is 66.0 cm³/mol. The molecule has 2 rings (SSSR count). The summed E-state index contributed by atoms with van der Waals surface area (Å²) in [6, 6.07) is -0.467. The minimum absolute atomic E-state index is 0.220. The van der Waals surface area contributed by atoms with Gasteiger partial charge in [0.05, 0.1) is 12.5 Å². The van der Waals surface area contributed by atoms with Gasteiger partial charge in [0.25, 0.3) is 0 Å². The molecule has 2 atom stereocenters. The molecule has 3 N–H and O–H groups in total. The highest BCUT2D eigenvalue weighted by atomic mass is 16.4. The van der Waals surface area contributed by atoms with Crippen molar-refractivity contribution in [3.05, 3.63) is 0 Å². The highest BCUT2D eigenvalue weighted by molar-refractivity contribution is 5.86. The topological polar surface area (TPSA) is 86.9 Å². The number of hydrogen-bond acceptors (Lipinski definition) is 4. The summed E-state index contributed by atoms with van der Waals surface area (Å²) >= 11 is 0. The molecule has 0 aromatic heterocycles. The van der Waals surface area contributed by atoms with Crippen LogP contribution in [0.2, 0.25) is 0 Å². The number of amides is 1. The average molecular weight is 255 g/mol. The molecule has 0 bridgehead atoms. The van der Waals surface area contributed by atoms with E-state index in [1.165, 1.54) is 12.8 Å². The Labute approximate surface area is 107 Å². The number of piperazine rings is 1. The van der Waals surface area contributed by atoms with Gasteiger partial charge in [-0.15, -0.1) is 0 Å². The van der Waals surface area contributed by atoms with Gasteiger partial charge in [0, 0.05) is 25.7 Å². The Morgan fingerprint density at radius 3 is 2.78 bits per heavy atom. The number of nitrogens with two attached hydrogens (primary N) is 1. The number of hydrogen-bond donors (Lipinski definition) is 2. The molecule has 6 heteroatoms. The molecule has 18 heavy (non-hydrogen) atoms. The standard InChI is InChI=1S/C12H21N3O3/c13-10(7-11(16)17)12(18)15-6-5-14-4-2-1-3-9(14)8-15/h9-10H,1-8,13H2,(H,16,17). The number of aliphatic carboxylic acids is 1. The van der Waals surface area contributed by atoms with Crippen molar-refractivity contribution in [2.75, 3.05) is 26.2 Å². The van der Waals surface area contributed by atoms with E-state index in [4.69, 9.17) is 10.8 Å². The number of fused-ring (bicyclic) bond motifs is 1. The van der Waals surface area contributed by atoms with Crippen molar-refractivity contribution < 1.29 is 14.7 Å². The maximum absolute atomic E-state index is 12.0. The Hall–Kier alpha value is -1.14. The van der Waals surface area contributed by atoms with Crippen molar-refractivity contribution >= 4 is 11.9 Å². The van der Waals surface area contributed by atoms with E-state index < -0.39 is 12.0 Å². The van der Waals surface area contributed by atoms with Crippen LogP contribution in [-0.4, -0.2) is 65.0 Å². The third kappa shape index (κ3) is 3.00. The van der Waals surface area contributed by atoms with Crippen LogP contribution in [0.4, 0.5) is 0 Å². The van der Waals surface area contributed by atoms with Crippen LogP contribution < -0.4 is 5.73 Å². The van der Waals surface area contributed by atoms with E-state index in [2.05, 4.69) is 4.90 Å². The van der Waals surface area contributed by atoms with Crippen LogP contribution in [0, 0.1) is 0 Å². The second-order valence-corrected chi connectivity index (χ2v) is 5.17. The summed E-state index contributed by atoms with van der Waals surface area (Å²) in [4.78, 5) is 26.8. The van der Waals surface area contributed by atoms with Gasteiger partial charge in [-0.2, -0.15) is 0 Å². The van der Waals surface area contributed by atoms with Crippen molar-refractivity contribution in [3.8, 4) is 0 Å². The van der Waals surface area contributed by atoms with Crippen LogP contribution in [0.15, 0.2) is 0 Å². The maximum Gasteiger partial charge on any atom is 0.305 e. The van der Waals surface area contributed by atoms with Gasteiger partial charge >= 0.3 is 5.97 Å². The van der Waals surface area contributed by atoms with Crippen LogP contribution in [0.5, 0.6) is 0 Å². The Kier molecular flexibility index (Phi) is 4.19. The van der Waals surface area contributed by atoms with E-state index in [-0.39, 0.29) is 12.3 Å². The first-order chi connectivity index (χ1) is 8.58. The molecular weight excluding hydrogens is 234 g/mol. The van der Waals surface area contributed by atoms with Gasteiger partial charge in [0.15, 0.2) is 0 Å². The van der Waals surface area contributed by atoms with Crippen molar-refractivity contribution in [1.29, 1.82) is 0 Å². The Morgan fingerprint density at radius 1 is 1.28 bits per heavy atom.